The highest BCUT2D eigenvalue weighted by Gasteiger charge is 2.23. The summed E-state index contributed by atoms with van der Waals surface area (Å²) in [6.45, 7) is 13.0. The fraction of sp³-hybridized carbons (Fsp3) is 0.500. The Labute approximate surface area is 169 Å². The number of nitrogens with one attached hydrogen (secondary N) is 1. The molecule has 0 atom stereocenters. The van der Waals surface area contributed by atoms with Crippen molar-refractivity contribution in [1.29, 1.82) is 0 Å². The van der Waals surface area contributed by atoms with Gasteiger partial charge >= 0.3 is 0 Å². The van der Waals surface area contributed by atoms with Gasteiger partial charge in [0.25, 0.3) is 5.91 Å². The predicted molar refractivity (Wildman–Crippen MR) is 118 cm³/mol. The Morgan fingerprint density at radius 2 is 1.64 bits per heavy atom. The third kappa shape index (κ3) is 4.37. The summed E-state index contributed by atoms with van der Waals surface area (Å²) in [5, 5.41) is 3.01. The first-order valence-corrected chi connectivity index (χ1v) is 10.5. The van der Waals surface area contributed by atoms with E-state index in [9.17, 15) is 9.59 Å². The summed E-state index contributed by atoms with van der Waals surface area (Å²) < 4.78 is 2.20. The van der Waals surface area contributed by atoms with E-state index in [0.29, 0.717) is 6.42 Å². The second-order valence-electron chi connectivity index (χ2n) is 7.50. The molecule has 1 amide bonds. The highest BCUT2D eigenvalue weighted by molar-refractivity contribution is 6.05. The van der Waals surface area contributed by atoms with Crippen LogP contribution in [-0.4, -0.2) is 10.5 Å². The molecule has 2 rings (SSSR count). The highest BCUT2D eigenvalue weighted by atomic mass is 16.2. The molecule has 1 aromatic heterocycles. The normalized spacial score (nSPS) is 10.9. The maximum atomic E-state index is 13.2. The van der Waals surface area contributed by atoms with Crippen LogP contribution < -0.4 is 10.7 Å². The Balaban J connectivity index is 2.57. The van der Waals surface area contributed by atoms with Gasteiger partial charge < -0.3 is 9.88 Å². The van der Waals surface area contributed by atoms with Gasteiger partial charge in [-0.05, 0) is 51.2 Å². The van der Waals surface area contributed by atoms with Gasteiger partial charge in [0.05, 0.1) is 0 Å². The molecule has 0 aliphatic heterocycles. The molecule has 28 heavy (non-hydrogen) atoms. The van der Waals surface area contributed by atoms with Crippen molar-refractivity contribution in [3.63, 3.8) is 0 Å². The first-order chi connectivity index (χ1) is 13.4. The van der Waals surface area contributed by atoms with Crippen LogP contribution in [0.15, 0.2) is 23.0 Å². The van der Waals surface area contributed by atoms with Crippen LogP contribution in [0.5, 0.6) is 0 Å². The molecule has 1 N–H and O–H groups in total. The van der Waals surface area contributed by atoms with E-state index in [1.54, 1.807) is 0 Å². The molecule has 2 aromatic rings. The Bertz CT molecular complexity index is 890. The van der Waals surface area contributed by atoms with Gasteiger partial charge in [-0.1, -0.05) is 51.8 Å². The first kappa shape index (κ1) is 21.9. The molecule has 0 spiro atoms. The van der Waals surface area contributed by atoms with Crippen molar-refractivity contribution in [2.45, 2.75) is 80.2 Å². The lowest BCUT2D eigenvalue weighted by Gasteiger charge is -2.22. The number of pyridine rings is 1. The van der Waals surface area contributed by atoms with E-state index in [2.05, 4.69) is 23.7 Å². The van der Waals surface area contributed by atoms with Crippen molar-refractivity contribution < 1.29 is 4.79 Å². The second-order valence-corrected chi connectivity index (χ2v) is 7.50. The summed E-state index contributed by atoms with van der Waals surface area (Å²) in [6.07, 6.45) is 4.76. The quantitative estimate of drug-likeness (QED) is 0.627. The fourth-order valence-corrected chi connectivity index (χ4v) is 3.99. The summed E-state index contributed by atoms with van der Waals surface area (Å²) >= 11 is 0. The van der Waals surface area contributed by atoms with Gasteiger partial charge in [0.15, 0.2) is 5.43 Å². The number of aryl methyl sites for hydroxylation is 2. The monoisotopic (exact) mass is 382 g/mol. The molecular formula is C24H34N2O2. The van der Waals surface area contributed by atoms with Crippen LogP contribution in [0.2, 0.25) is 0 Å². The molecule has 0 aliphatic rings. The number of unbranched alkanes of at least 4 members (excludes halogenated alkanes) is 2. The minimum Gasteiger partial charge on any atom is -0.348 e. The van der Waals surface area contributed by atoms with Crippen LogP contribution in [0.3, 0.4) is 0 Å². The Kier molecular flexibility index (Phi) is 7.61. The van der Waals surface area contributed by atoms with Gasteiger partial charge in [0.1, 0.15) is 5.56 Å². The maximum Gasteiger partial charge on any atom is 0.261 e. The van der Waals surface area contributed by atoms with Crippen LogP contribution in [0.25, 0.3) is 0 Å². The summed E-state index contributed by atoms with van der Waals surface area (Å²) in [7, 11) is 0. The van der Waals surface area contributed by atoms with Crippen molar-refractivity contribution in [3.05, 3.63) is 62.1 Å². The number of aromatic nitrogens is 1. The molecule has 1 heterocycles. The minimum atomic E-state index is -0.304. The average Bonchev–Trinajstić information content (AvgIpc) is 2.66. The lowest BCUT2D eigenvalue weighted by atomic mass is 10.0. The van der Waals surface area contributed by atoms with Gasteiger partial charge in [0, 0.05) is 29.2 Å². The zero-order valence-electron chi connectivity index (χ0n) is 18.2. The van der Waals surface area contributed by atoms with E-state index < -0.39 is 0 Å². The number of rotatable bonds is 8. The van der Waals surface area contributed by atoms with Crippen LogP contribution in [0.1, 0.15) is 78.5 Å². The number of anilines is 1. The number of benzene rings is 1. The Morgan fingerprint density at radius 1 is 1.00 bits per heavy atom. The first-order valence-electron chi connectivity index (χ1n) is 10.5. The SMILES string of the molecule is CCCCCn1c(C)c(C(=O)Nc2c(C)cccc2C)c(=O)c(CC)c1CC. The number of nitrogens with zero attached hydrogens (tertiary/aromatic N) is 1. The van der Waals surface area contributed by atoms with E-state index >= 15 is 0 Å². The largest absolute Gasteiger partial charge is 0.348 e. The summed E-state index contributed by atoms with van der Waals surface area (Å²) in [4.78, 5) is 26.4. The number of hydrogen-bond acceptors (Lipinski definition) is 2. The van der Waals surface area contributed by atoms with E-state index in [-0.39, 0.29) is 16.9 Å². The van der Waals surface area contributed by atoms with Crippen LogP contribution >= 0.6 is 0 Å². The van der Waals surface area contributed by atoms with Crippen molar-refractivity contribution in [1.82, 2.24) is 4.57 Å². The maximum absolute atomic E-state index is 13.2. The summed E-state index contributed by atoms with van der Waals surface area (Å²) in [6, 6.07) is 5.91. The third-order valence-corrected chi connectivity index (χ3v) is 5.56. The Hall–Kier alpha value is -2.36. The van der Waals surface area contributed by atoms with Crippen molar-refractivity contribution >= 4 is 11.6 Å². The standard InChI is InChI=1S/C24H34N2O2/c1-7-10-11-15-26-18(6)21(23(27)19(8-2)20(26)9-3)24(28)25-22-16(4)13-12-14-17(22)5/h12-14H,7-11,15H2,1-6H3,(H,25,28). The topological polar surface area (TPSA) is 51.1 Å². The van der Waals surface area contributed by atoms with Crippen molar-refractivity contribution in [2.24, 2.45) is 0 Å². The van der Waals surface area contributed by atoms with E-state index in [0.717, 1.165) is 66.0 Å². The third-order valence-electron chi connectivity index (χ3n) is 5.56. The molecule has 0 bridgehead atoms. The molecule has 0 saturated heterocycles. The Morgan fingerprint density at radius 3 is 2.18 bits per heavy atom. The molecule has 1 aromatic carbocycles. The number of para-hydroxylation sites is 1. The molecule has 4 nitrogen and oxygen atoms in total. The smallest absolute Gasteiger partial charge is 0.261 e. The van der Waals surface area contributed by atoms with Gasteiger partial charge in [-0.3, -0.25) is 9.59 Å². The molecule has 0 radical (unpaired) electrons. The molecule has 0 fully saturated rings. The zero-order valence-corrected chi connectivity index (χ0v) is 18.2. The summed E-state index contributed by atoms with van der Waals surface area (Å²) in [5.74, 6) is -0.304. The predicted octanol–water partition coefficient (Wildman–Crippen LogP) is 5.34. The second kappa shape index (κ2) is 9.72. The molecule has 152 valence electrons. The van der Waals surface area contributed by atoms with Gasteiger partial charge in [-0.25, -0.2) is 0 Å². The number of carbonyl (C=O) groups is 1. The molecular weight excluding hydrogens is 348 g/mol. The van der Waals surface area contributed by atoms with Crippen LogP contribution in [0, 0.1) is 20.8 Å². The average molecular weight is 383 g/mol. The molecule has 0 saturated carbocycles. The van der Waals surface area contributed by atoms with E-state index in [1.165, 1.54) is 0 Å². The highest BCUT2D eigenvalue weighted by Crippen LogP contribution is 2.22. The lowest BCUT2D eigenvalue weighted by Crippen LogP contribution is -2.31. The number of hydrogen-bond donors (Lipinski definition) is 1. The van der Waals surface area contributed by atoms with E-state index in [4.69, 9.17) is 0 Å². The molecule has 4 heteroatoms. The molecule has 0 unspecified atom stereocenters. The minimum absolute atomic E-state index is 0.118. The van der Waals surface area contributed by atoms with Crippen molar-refractivity contribution in [2.75, 3.05) is 5.32 Å². The van der Waals surface area contributed by atoms with Gasteiger partial charge in [0.2, 0.25) is 0 Å². The number of carbonyl (C=O) groups excluding carboxylic acids is 1. The van der Waals surface area contributed by atoms with Gasteiger partial charge in [-0.2, -0.15) is 0 Å². The van der Waals surface area contributed by atoms with Crippen LogP contribution in [-0.2, 0) is 19.4 Å². The lowest BCUT2D eigenvalue weighted by molar-refractivity contribution is 0.102. The summed E-state index contributed by atoms with van der Waals surface area (Å²) in [5.41, 5.74) is 5.58. The number of amides is 1. The van der Waals surface area contributed by atoms with Crippen molar-refractivity contribution in [3.8, 4) is 0 Å². The van der Waals surface area contributed by atoms with Gasteiger partial charge in [-0.15, -0.1) is 0 Å². The van der Waals surface area contributed by atoms with E-state index in [1.807, 2.05) is 45.9 Å². The zero-order chi connectivity index (χ0) is 20.8. The van der Waals surface area contributed by atoms with Crippen LogP contribution in [0.4, 0.5) is 5.69 Å². The molecule has 0 aliphatic carbocycles. The fourth-order valence-electron chi connectivity index (χ4n) is 3.99.